The van der Waals surface area contributed by atoms with E-state index in [1.54, 1.807) is 7.11 Å². The molecule has 8 heteroatoms. The summed E-state index contributed by atoms with van der Waals surface area (Å²) in [6, 6.07) is 7.76. The van der Waals surface area contributed by atoms with E-state index in [1.165, 1.54) is 0 Å². The first-order valence-electron chi connectivity index (χ1n) is 8.84. The molecule has 5 nitrogen and oxygen atoms in total. The maximum Gasteiger partial charge on any atom is 0.408 e. The Kier molecular flexibility index (Phi) is 5.43. The Balaban J connectivity index is 1.72. The number of alkyl halides is 3. The molecule has 0 bridgehead atoms. The van der Waals surface area contributed by atoms with Gasteiger partial charge in [0.05, 0.1) is 18.9 Å². The van der Waals surface area contributed by atoms with Gasteiger partial charge in [-0.05, 0) is 18.9 Å². The van der Waals surface area contributed by atoms with Crippen molar-refractivity contribution in [2.24, 2.45) is 0 Å². The van der Waals surface area contributed by atoms with Crippen LogP contribution < -0.4 is 10.1 Å². The van der Waals surface area contributed by atoms with Crippen molar-refractivity contribution >= 4 is 5.91 Å². The molecule has 0 aliphatic heterocycles. The van der Waals surface area contributed by atoms with Crippen molar-refractivity contribution in [3.8, 4) is 5.75 Å². The monoisotopic (exact) mass is 381 g/mol. The van der Waals surface area contributed by atoms with Crippen molar-refractivity contribution < 1.29 is 22.7 Å². The molecule has 0 atom stereocenters. The fraction of sp³-hybridized carbons (Fsp3) is 0.474. The Bertz CT molecular complexity index is 795. The molecule has 1 saturated carbocycles. The summed E-state index contributed by atoms with van der Waals surface area (Å²) in [7, 11) is 1.62. The van der Waals surface area contributed by atoms with Gasteiger partial charge in [0.1, 0.15) is 12.3 Å². The molecule has 1 amide bonds. The Hall–Kier alpha value is -2.51. The van der Waals surface area contributed by atoms with Crippen LogP contribution in [0.2, 0.25) is 0 Å². The number of methoxy groups -OCH3 is 1. The van der Waals surface area contributed by atoms with E-state index in [4.69, 9.17) is 4.74 Å². The largest absolute Gasteiger partial charge is 0.496 e. The topological polar surface area (TPSA) is 56.1 Å². The van der Waals surface area contributed by atoms with Gasteiger partial charge >= 0.3 is 6.18 Å². The molecule has 1 fully saturated rings. The number of hydrogen-bond acceptors (Lipinski definition) is 3. The molecule has 2 aromatic rings. The average molecular weight is 381 g/mol. The van der Waals surface area contributed by atoms with Crippen LogP contribution in [0.4, 0.5) is 13.2 Å². The predicted molar refractivity (Wildman–Crippen MR) is 93.8 cm³/mol. The van der Waals surface area contributed by atoms with E-state index in [2.05, 4.69) is 10.4 Å². The van der Waals surface area contributed by atoms with Crippen molar-refractivity contribution in [3.05, 3.63) is 47.8 Å². The molecule has 0 radical (unpaired) electrons. The third-order valence-corrected chi connectivity index (χ3v) is 5.06. The first-order chi connectivity index (χ1) is 12.8. The summed E-state index contributed by atoms with van der Waals surface area (Å²) in [5.74, 6) is 0.358. The van der Waals surface area contributed by atoms with Gasteiger partial charge in [0, 0.05) is 23.7 Å². The smallest absolute Gasteiger partial charge is 0.408 e. The van der Waals surface area contributed by atoms with E-state index in [1.807, 2.05) is 24.3 Å². The van der Waals surface area contributed by atoms with Gasteiger partial charge in [-0.25, -0.2) is 0 Å². The quantitative estimate of drug-likeness (QED) is 0.830. The lowest BCUT2D eigenvalue weighted by Gasteiger charge is -2.31. The molecule has 3 rings (SSSR count). The van der Waals surface area contributed by atoms with Crippen LogP contribution in [-0.2, 0) is 12.0 Å². The molecule has 0 unspecified atom stereocenters. The minimum atomic E-state index is -4.38. The van der Waals surface area contributed by atoms with Crippen molar-refractivity contribution in [2.45, 2.75) is 43.8 Å². The lowest BCUT2D eigenvalue weighted by atomic mass is 9.78. The molecule has 0 spiro atoms. The summed E-state index contributed by atoms with van der Waals surface area (Å²) in [6.45, 7) is -0.817. The molecule has 146 valence electrons. The van der Waals surface area contributed by atoms with Gasteiger partial charge in [-0.1, -0.05) is 31.0 Å². The first-order valence-corrected chi connectivity index (χ1v) is 8.84. The van der Waals surface area contributed by atoms with Crippen molar-refractivity contribution in [1.82, 2.24) is 15.1 Å². The van der Waals surface area contributed by atoms with Gasteiger partial charge in [0.25, 0.3) is 5.91 Å². The van der Waals surface area contributed by atoms with Gasteiger partial charge < -0.3 is 10.1 Å². The minimum absolute atomic E-state index is 0.118. The fourth-order valence-electron chi connectivity index (χ4n) is 3.78. The Morgan fingerprint density at radius 2 is 2.00 bits per heavy atom. The summed E-state index contributed by atoms with van der Waals surface area (Å²) in [4.78, 5) is 12.4. The Morgan fingerprint density at radius 1 is 1.30 bits per heavy atom. The number of carbonyl (C=O) groups excluding carboxylic acids is 1. The lowest BCUT2D eigenvalue weighted by molar-refractivity contribution is -0.142. The molecule has 0 saturated heterocycles. The number of amides is 1. The Labute approximate surface area is 155 Å². The highest BCUT2D eigenvalue weighted by Gasteiger charge is 2.38. The number of nitrogens with zero attached hydrogens (tertiary/aromatic N) is 2. The third-order valence-electron chi connectivity index (χ3n) is 5.06. The second-order valence-electron chi connectivity index (χ2n) is 6.91. The minimum Gasteiger partial charge on any atom is -0.496 e. The number of hydrogen-bond donors (Lipinski definition) is 1. The van der Waals surface area contributed by atoms with Crippen LogP contribution in [0.5, 0.6) is 5.75 Å². The molecular weight excluding hydrogens is 359 g/mol. The second-order valence-corrected chi connectivity index (χ2v) is 6.91. The number of aromatic nitrogens is 2. The predicted octanol–water partition coefficient (Wildman–Crippen LogP) is 3.70. The molecule has 1 aromatic carbocycles. The maximum atomic E-state index is 12.4. The molecular formula is C19H22F3N3O2. The number of benzene rings is 1. The molecule has 1 N–H and O–H groups in total. The number of para-hydroxylation sites is 1. The van der Waals surface area contributed by atoms with Crippen LogP contribution in [0.15, 0.2) is 36.7 Å². The van der Waals surface area contributed by atoms with E-state index >= 15 is 0 Å². The molecule has 1 aliphatic carbocycles. The number of nitrogens with one attached hydrogen (secondary N) is 1. The third kappa shape index (κ3) is 4.43. The van der Waals surface area contributed by atoms with Crippen molar-refractivity contribution in [2.75, 3.05) is 13.7 Å². The van der Waals surface area contributed by atoms with E-state index in [0.29, 0.717) is 6.54 Å². The van der Waals surface area contributed by atoms with E-state index in [9.17, 15) is 18.0 Å². The summed E-state index contributed by atoms with van der Waals surface area (Å²) < 4.78 is 43.5. The highest BCUT2D eigenvalue weighted by molar-refractivity contribution is 5.93. The van der Waals surface area contributed by atoms with E-state index in [0.717, 1.165) is 54.1 Å². The zero-order chi connectivity index (χ0) is 19.5. The summed E-state index contributed by atoms with van der Waals surface area (Å²) in [5, 5.41) is 6.50. The Morgan fingerprint density at radius 3 is 2.67 bits per heavy atom. The van der Waals surface area contributed by atoms with E-state index in [-0.39, 0.29) is 11.0 Å². The lowest BCUT2D eigenvalue weighted by Crippen LogP contribution is -2.39. The van der Waals surface area contributed by atoms with Crippen LogP contribution in [0.1, 0.15) is 41.6 Å². The van der Waals surface area contributed by atoms with E-state index < -0.39 is 18.6 Å². The normalized spacial score (nSPS) is 16.3. The number of ether oxygens (including phenoxy) is 1. The van der Waals surface area contributed by atoms with Crippen LogP contribution in [0.3, 0.4) is 0 Å². The SMILES string of the molecule is COc1ccccc1C1(CNC(=O)c2cnn(CC(F)(F)F)c2)CCCC1. The van der Waals surface area contributed by atoms with Gasteiger partial charge in [0.15, 0.2) is 0 Å². The summed E-state index contributed by atoms with van der Waals surface area (Å²) in [6.07, 6.45) is 1.84. The average Bonchev–Trinajstić information content (AvgIpc) is 3.28. The van der Waals surface area contributed by atoms with Gasteiger partial charge in [-0.2, -0.15) is 18.3 Å². The van der Waals surface area contributed by atoms with Crippen LogP contribution >= 0.6 is 0 Å². The molecule has 1 heterocycles. The van der Waals surface area contributed by atoms with Gasteiger partial charge in [-0.3, -0.25) is 9.48 Å². The zero-order valence-corrected chi connectivity index (χ0v) is 15.1. The molecule has 1 aliphatic rings. The summed E-state index contributed by atoms with van der Waals surface area (Å²) in [5.41, 5.74) is 0.940. The van der Waals surface area contributed by atoms with Crippen molar-refractivity contribution in [3.63, 3.8) is 0 Å². The van der Waals surface area contributed by atoms with Crippen molar-refractivity contribution in [1.29, 1.82) is 0 Å². The molecule has 1 aromatic heterocycles. The number of carbonyl (C=O) groups is 1. The maximum absolute atomic E-state index is 12.4. The number of halogens is 3. The first kappa shape index (κ1) is 19.3. The number of rotatable bonds is 6. The van der Waals surface area contributed by atoms with Crippen LogP contribution in [-0.4, -0.2) is 35.5 Å². The highest BCUT2D eigenvalue weighted by atomic mass is 19.4. The van der Waals surface area contributed by atoms with Crippen LogP contribution in [0.25, 0.3) is 0 Å². The standard InChI is InChI=1S/C19H22F3N3O2/c1-27-16-7-3-2-6-15(16)18(8-4-5-9-18)12-23-17(26)14-10-24-25(11-14)13-19(20,21)22/h2-3,6-7,10-11H,4-5,8-9,12-13H2,1H3,(H,23,26). The van der Waals surface area contributed by atoms with Crippen LogP contribution in [0, 0.1) is 0 Å². The summed E-state index contributed by atoms with van der Waals surface area (Å²) >= 11 is 0. The van der Waals surface area contributed by atoms with Gasteiger partial charge in [0.2, 0.25) is 0 Å². The molecule has 27 heavy (non-hydrogen) atoms. The fourth-order valence-corrected chi connectivity index (χ4v) is 3.78. The zero-order valence-electron chi connectivity index (χ0n) is 15.1. The second kappa shape index (κ2) is 7.62. The van der Waals surface area contributed by atoms with Gasteiger partial charge in [-0.15, -0.1) is 0 Å². The highest BCUT2D eigenvalue weighted by Crippen LogP contribution is 2.44.